The maximum absolute atomic E-state index is 11.6. The van der Waals surface area contributed by atoms with E-state index in [4.69, 9.17) is 10.5 Å². The predicted molar refractivity (Wildman–Crippen MR) is 58.2 cm³/mol. The Morgan fingerprint density at radius 1 is 1.50 bits per heavy atom. The van der Waals surface area contributed by atoms with Crippen LogP contribution in [-0.4, -0.2) is 27.7 Å². The van der Waals surface area contributed by atoms with Crippen molar-refractivity contribution in [2.75, 3.05) is 12.8 Å². The molecule has 2 N–H and O–H groups in total. The van der Waals surface area contributed by atoms with Gasteiger partial charge in [0, 0.05) is 5.69 Å². The van der Waals surface area contributed by atoms with E-state index in [0.29, 0.717) is 11.2 Å². The fourth-order valence-corrected chi connectivity index (χ4v) is 1.71. The molecule has 2 heterocycles. The summed E-state index contributed by atoms with van der Waals surface area (Å²) in [5.74, 6) is -0.297. The van der Waals surface area contributed by atoms with Gasteiger partial charge in [-0.3, -0.25) is 0 Å². The number of nitrogen functional groups attached to an aromatic ring is 1. The van der Waals surface area contributed by atoms with Gasteiger partial charge in [-0.05, 0) is 25.5 Å². The highest BCUT2D eigenvalue weighted by molar-refractivity contribution is 5.97. The minimum absolute atomic E-state index is 0.138. The zero-order valence-electron chi connectivity index (χ0n) is 9.31. The van der Waals surface area contributed by atoms with Crippen molar-refractivity contribution in [3.63, 3.8) is 0 Å². The zero-order chi connectivity index (χ0) is 11.9. The van der Waals surface area contributed by atoms with E-state index in [-0.39, 0.29) is 5.95 Å². The van der Waals surface area contributed by atoms with Gasteiger partial charge in [-0.1, -0.05) is 0 Å². The second kappa shape index (κ2) is 3.48. The molecule has 0 saturated heterocycles. The van der Waals surface area contributed by atoms with Crippen LogP contribution in [0.15, 0.2) is 6.07 Å². The summed E-state index contributed by atoms with van der Waals surface area (Å²) in [6, 6.07) is 1.84. The number of carbonyl (C=O) groups excluding carboxylic acids is 1. The number of aryl methyl sites for hydroxylation is 2. The molecule has 0 radical (unpaired) electrons. The number of esters is 1. The third-order valence-corrected chi connectivity index (χ3v) is 2.39. The van der Waals surface area contributed by atoms with E-state index >= 15 is 0 Å². The lowest BCUT2D eigenvalue weighted by Gasteiger charge is -2.06. The zero-order valence-corrected chi connectivity index (χ0v) is 9.31. The number of fused-ring (bicyclic) bond motifs is 1. The van der Waals surface area contributed by atoms with Crippen LogP contribution in [0.25, 0.3) is 5.65 Å². The fourth-order valence-electron chi connectivity index (χ4n) is 1.71. The Hall–Kier alpha value is -2.11. The smallest absolute Gasteiger partial charge is 0.341 e. The summed E-state index contributed by atoms with van der Waals surface area (Å²) in [6.45, 7) is 3.69. The molecule has 0 spiro atoms. The van der Waals surface area contributed by atoms with Crippen LogP contribution in [0.1, 0.15) is 21.6 Å². The van der Waals surface area contributed by atoms with Crippen LogP contribution < -0.4 is 5.73 Å². The van der Waals surface area contributed by atoms with Crippen LogP contribution in [-0.2, 0) is 4.74 Å². The van der Waals surface area contributed by atoms with E-state index in [2.05, 4.69) is 10.1 Å². The quantitative estimate of drug-likeness (QED) is 0.716. The molecule has 0 aliphatic rings. The highest BCUT2D eigenvalue weighted by Crippen LogP contribution is 2.18. The first-order chi connectivity index (χ1) is 7.54. The Bertz CT molecular complexity index is 574. The van der Waals surface area contributed by atoms with Gasteiger partial charge in [0.25, 0.3) is 0 Å². The van der Waals surface area contributed by atoms with Gasteiger partial charge in [0.15, 0.2) is 5.65 Å². The van der Waals surface area contributed by atoms with Crippen molar-refractivity contribution >= 4 is 17.6 Å². The normalized spacial score (nSPS) is 10.7. The lowest BCUT2D eigenvalue weighted by atomic mass is 10.1. The van der Waals surface area contributed by atoms with Gasteiger partial charge in [-0.2, -0.15) is 4.98 Å². The molecular weight excluding hydrogens is 208 g/mol. The Labute approximate surface area is 92.0 Å². The van der Waals surface area contributed by atoms with Crippen LogP contribution >= 0.6 is 0 Å². The molecule has 84 valence electrons. The van der Waals surface area contributed by atoms with Crippen molar-refractivity contribution in [2.45, 2.75) is 13.8 Å². The van der Waals surface area contributed by atoms with Crippen molar-refractivity contribution in [3.05, 3.63) is 22.9 Å². The SMILES string of the molecule is COC(=O)c1c(C)cc(C)n2nc(N)nc12. The number of carbonyl (C=O) groups is 1. The third kappa shape index (κ3) is 1.39. The molecule has 0 saturated carbocycles. The van der Waals surface area contributed by atoms with Gasteiger partial charge in [0.05, 0.1) is 7.11 Å². The molecule has 2 rings (SSSR count). The van der Waals surface area contributed by atoms with Crippen LogP contribution in [0.2, 0.25) is 0 Å². The summed E-state index contributed by atoms with van der Waals surface area (Å²) in [7, 11) is 1.33. The molecule has 2 aromatic rings. The number of ether oxygens (including phenoxy) is 1. The van der Waals surface area contributed by atoms with E-state index in [9.17, 15) is 4.79 Å². The summed E-state index contributed by atoms with van der Waals surface area (Å²) in [5, 5.41) is 4.01. The second-order valence-corrected chi connectivity index (χ2v) is 3.54. The standard InChI is InChI=1S/C10H12N4O2/c1-5-4-6(2)14-8(12-10(11)13-14)7(5)9(15)16-3/h4H,1-3H3,(H2,11,13). The number of hydrogen-bond acceptors (Lipinski definition) is 5. The van der Waals surface area contributed by atoms with Gasteiger partial charge in [-0.25, -0.2) is 9.31 Å². The molecule has 0 unspecified atom stereocenters. The maximum atomic E-state index is 11.6. The average Bonchev–Trinajstić information content (AvgIpc) is 2.59. The number of anilines is 1. The molecule has 6 nitrogen and oxygen atoms in total. The molecule has 0 amide bonds. The van der Waals surface area contributed by atoms with E-state index in [1.807, 2.05) is 19.9 Å². The molecule has 0 aromatic carbocycles. The molecule has 0 aliphatic carbocycles. The molecule has 0 atom stereocenters. The molecule has 0 bridgehead atoms. The number of rotatable bonds is 1. The lowest BCUT2D eigenvalue weighted by molar-refractivity contribution is 0.0601. The number of aromatic nitrogens is 3. The summed E-state index contributed by atoms with van der Waals surface area (Å²) < 4.78 is 6.25. The van der Waals surface area contributed by atoms with Crippen molar-refractivity contribution in [3.8, 4) is 0 Å². The monoisotopic (exact) mass is 220 g/mol. The van der Waals surface area contributed by atoms with Crippen LogP contribution in [0.4, 0.5) is 5.95 Å². The Balaban J connectivity index is 2.86. The summed E-state index contributed by atoms with van der Waals surface area (Å²) in [6.07, 6.45) is 0. The number of nitrogens with zero attached hydrogens (tertiary/aromatic N) is 3. The molecule has 0 aliphatic heterocycles. The molecule has 16 heavy (non-hydrogen) atoms. The minimum atomic E-state index is -0.435. The number of pyridine rings is 1. The summed E-state index contributed by atoms with van der Waals surface area (Å²) in [5.41, 5.74) is 8.02. The van der Waals surface area contributed by atoms with Gasteiger partial charge < -0.3 is 10.5 Å². The molecule has 2 aromatic heterocycles. The molecular formula is C10H12N4O2. The number of hydrogen-bond donors (Lipinski definition) is 1. The number of methoxy groups -OCH3 is 1. The maximum Gasteiger partial charge on any atom is 0.341 e. The van der Waals surface area contributed by atoms with Gasteiger partial charge >= 0.3 is 5.97 Å². The first-order valence-electron chi connectivity index (χ1n) is 4.75. The van der Waals surface area contributed by atoms with Gasteiger partial charge in [-0.15, -0.1) is 5.10 Å². The Morgan fingerprint density at radius 2 is 2.19 bits per heavy atom. The van der Waals surface area contributed by atoms with Crippen molar-refractivity contribution in [1.29, 1.82) is 0 Å². The predicted octanol–water partition coefficient (Wildman–Crippen LogP) is 0.715. The summed E-state index contributed by atoms with van der Waals surface area (Å²) >= 11 is 0. The average molecular weight is 220 g/mol. The largest absolute Gasteiger partial charge is 0.465 e. The first kappa shape index (κ1) is 10.4. The van der Waals surface area contributed by atoms with E-state index in [0.717, 1.165) is 11.3 Å². The molecule has 0 fully saturated rings. The second-order valence-electron chi connectivity index (χ2n) is 3.54. The van der Waals surface area contributed by atoms with E-state index in [1.165, 1.54) is 11.6 Å². The fraction of sp³-hybridized carbons (Fsp3) is 0.300. The topological polar surface area (TPSA) is 82.5 Å². The third-order valence-electron chi connectivity index (χ3n) is 2.39. The lowest BCUT2D eigenvalue weighted by Crippen LogP contribution is -2.09. The van der Waals surface area contributed by atoms with Crippen molar-refractivity contribution < 1.29 is 9.53 Å². The Kier molecular flexibility index (Phi) is 2.26. The molecule has 6 heteroatoms. The van der Waals surface area contributed by atoms with E-state index < -0.39 is 5.97 Å². The van der Waals surface area contributed by atoms with E-state index in [1.54, 1.807) is 0 Å². The van der Waals surface area contributed by atoms with Crippen LogP contribution in [0.3, 0.4) is 0 Å². The first-order valence-corrected chi connectivity index (χ1v) is 4.75. The highest BCUT2D eigenvalue weighted by Gasteiger charge is 2.18. The minimum Gasteiger partial charge on any atom is -0.465 e. The van der Waals surface area contributed by atoms with Crippen LogP contribution in [0, 0.1) is 13.8 Å². The Morgan fingerprint density at radius 3 is 2.81 bits per heavy atom. The summed E-state index contributed by atoms with van der Waals surface area (Å²) in [4.78, 5) is 15.7. The van der Waals surface area contributed by atoms with Crippen molar-refractivity contribution in [1.82, 2.24) is 14.6 Å². The highest BCUT2D eigenvalue weighted by atomic mass is 16.5. The van der Waals surface area contributed by atoms with Gasteiger partial charge in [0.2, 0.25) is 5.95 Å². The number of nitrogens with two attached hydrogens (primary N) is 1. The van der Waals surface area contributed by atoms with Crippen LogP contribution in [0.5, 0.6) is 0 Å². The van der Waals surface area contributed by atoms with Gasteiger partial charge in [0.1, 0.15) is 5.56 Å². The van der Waals surface area contributed by atoms with Crippen molar-refractivity contribution in [2.24, 2.45) is 0 Å².